The number of aromatic nitrogens is 4. The number of imidazole rings is 1. The first-order chi connectivity index (χ1) is 12.1. The van der Waals surface area contributed by atoms with Crippen molar-refractivity contribution in [3.8, 4) is 28.5 Å². The topological polar surface area (TPSA) is 82.8 Å². The summed E-state index contributed by atoms with van der Waals surface area (Å²) in [6, 6.07) is 14.8. The Bertz CT molecular complexity index is 1060. The van der Waals surface area contributed by atoms with E-state index in [1.165, 1.54) is 0 Å². The maximum absolute atomic E-state index is 6.35. The number of hydrogen-bond acceptors (Lipinski definition) is 5. The summed E-state index contributed by atoms with van der Waals surface area (Å²) >= 11 is 12.4. The Labute approximate surface area is 152 Å². The van der Waals surface area contributed by atoms with E-state index < -0.39 is 0 Å². The maximum atomic E-state index is 6.35. The van der Waals surface area contributed by atoms with Gasteiger partial charge in [0.15, 0.2) is 17.3 Å². The number of nitrogens with zero attached hydrogens (tertiary/aromatic N) is 4. The van der Waals surface area contributed by atoms with Crippen molar-refractivity contribution in [2.75, 3.05) is 5.73 Å². The van der Waals surface area contributed by atoms with Gasteiger partial charge in [0.25, 0.3) is 0 Å². The number of nitrogen functional groups attached to an aromatic ring is 1. The molecule has 6 nitrogen and oxygen atoms in total. The second-order valence-electron chi connectivity index (χ2n) is 5.28. The predicted octanol–water partition coefficient (Wildman–Crippen LogP) is 4.48. The molecule has 2 N–H and O–H groups in total. The highest BCUT2D eigenvalue weighted by atomic mass is 35.5. The fourth-order valence-corrected chi connectivity index (χ4v) is 2.93. The van der Waals surface area contributed by atoms with E-state index in [-0.39, 0.29) is 5.82 Å². The molecule has 0 bridgehead atoms. The Hall–Kier alpha value is -2.83. The lowest BCUT2D eigenvalue weighted by Gasteiger charge is -2.07. The van der Waals surface area contributed by atoms with Gasteiger partial charge in [-0.1, -0.05) is 47.5 Å². The zero-order valence-corrected chi connectivity index (χ0v) is 14.2. The Morgan fingerprint density at radius 3 is 2.56 bits per heavy atom. The van der Waals surface area contributed by atoms with Gasteiger partial charge in [-0.2, -0.15) is 0 Å². The Morgan fingerprint density at radius 1 is 1.00 bits per heavy atom. The Morgan fingerprint density at radius 2 is 1.84 bits per heavy atom. The number of benzene rings is 2. The molecule has 0 aliphatic rings. The molecule has 124 valence electrons. The molecule has 0 aliphatic carbocycles. The van der Waals surface area contributed by atoms with Crippen LogP contribution in [-0.2, 0) is 0 Å². The van der Waals surface area contributed by atoms with E-state index in [1.54, 1.807) is 16.7 Å². The van der Waals surface area contributed by atoms with Crippen LogP contribution in [0.3, 0.4) is 0 Å². The van der Waals surface area contributed by atoms with Crippen LogP contribution < -0.4 is 5.73 Å². The number of anilines is 1. The van der Waals surface area contributed by atoms with Crippen molar-refractivity contribution < 1.29 is 4.63 Å². The first-order valence-corrected chi connectivity index (χ1v) is 8.07. The van der Waals surface area contributed by atoms with Crippen molar-refractivity contribution in [1.29, 1.82) is 0 Å². The van der Waals surface area contributed by atoms with Gasteiger partial charge in [0, 0.05) is 16.8 Å². The molecule has 8 heteroatoms. The predicted molar refractivity (Wildman–Crippen MR) is 96.7 cm³/mol. The molecule has 0 radical (unpaired) electrons. The first kappa shape index (κ1) is 15.7. The van der Waals surface area contributed by atoms with Crippen LogP contribution in [0, 0.1) is 0 Å². The SMILES string of the molecule is Nc1nonc1-c1nc(-c2cccc(Cl)c2)cn1-c1ccccc1Cl. The highest BCUT2D eigenvalue weighted by Gasteiger charge is 2.20. The molecular weight excluding hydrogens is 361 g/mol. The van der Waals surface area contributed by atoms with E-state index in [0.29, 0.717) is 27.3 Å². The summed E-state index contributed by atoms with van der Waals surface area (Å²) in [5.41, 5.74) is 8.48. The van der Waals surface area contributed by atoms with Crippen LogP contribution in [-0.4, -0.2) is 19.9 Å². The number of rotatable bonds is 3. The van der Waals surface area contributed by atoms with E-state index >= 15 is 0 Å². The van der Waals surface area contributed by atoms with Crippen LogP contribution in [0.15, 0.2) is 59.4 Å². The number of nitrogens with two attached hydrogens (primary N) is 1. The van der Waals surface area contributed by atoms with Crippen LogP contribution in [0.1, 0.15) is 0 Å². The second kappa shape index (κ2) is 6.23. The third-order valence-corrected chi connectivity index (χ3v) is 4.22. The van der Waals surface area contributed by atoms with Gasteiger partial charge in [-0.3, -0.25) is 4.57 Å². The van der Waals surface area contributed by atoms with E-state index in [9.17, 15) is 0 Å². The summed E-state index contributed by atoms with van der Waals surface area (Å²) in [6.07, 6.45) is 1.84. The molecule has 0 aliphatic heterocycles. The fourth-order valence-electron chi connectivity index (χ4n) is 2.52. The third kappa shape index (κ3) is 2.86. The van der Waals surface area contributed by atoms with Gasteiger partial charge in [-0.25, -0.2) is 9.61 Å². The van der Waals surface area contributed by atoms with Crippen molar-refractivity contribution in [3.63, 3.8) is 0 Å². The number of para-hydroxylation sites is 1. The molecule has 4 rings (SSSR count). The average Bonchev–Trinajstić information content (AvgIpc) is 3.21. The molecule has 0 unspecified atom stereocenters. The largest absolute Gasteiger partial charge is 0.379 e. The molecule has 4 aromatic rings. The van der Waals surface area contributed by atoms with E-state index in [2.05, 4.69) is 15.3 Å². The van der Waals surface area contributed by atoms with Crippen molar-refractivity contribution in [2.45, 2.75) is 0 Å². The zero-order valence-electron chi connectivity index (χ0n) is 12.7. The van der Waals surface area contributed by atoms with Gasteiger partial charge < -0.3 is 5.73 Å². The van der Waals surface area contributed by atoms with Crippen LogP contribution in [0.2, 0.25) is 10.0 Å². The van der Waals surface area contributed by atoms with E-state index in [1.807, 2.05) is 42.6 Å². The molecule has 25 heavy (non-hydrogen) atoms. The summed E-state index contributed by atoms with van der Waals surface area (Å²) < 4.78 is 6.52. The molecule has 0 saturated heterocycles. The van der Waals surface area contributed by atoms with Crippen LogP contribution in [0.4, 0.5) is 5.82 Å². The van der Waals surface area contributed by atoms with Crippen molar-refractivity contribution in [1.82, 2.24) is 19.9 Å². The van der Waals surface area contributed by atoms with Crippen molar-refractivity contribution in [2.24, 2.45) is 0 Å². The van der Waals surface area contributed by atoms with Gasteiger partial charge >= 0.3 is 0 Å². The molecule has 0 atom stereocenters. The second-order valence-corrected chi connectivity index (χ2v) is 6.12. The molecule has 0 fully saturated rings. The van der Waals surface area contributed by atoms with Crippen molar-refractivity contribution in [3.05, 3.63) is 64.8 Å². The highest BCUT2D eigenvalue weighted by Crippen LogP contribution is 2.32. The van der Waals surface area contributed by atoms with Crippen LogP contribution >= 0.6 is 23.2 Å². The van der Waals surface area contributed by atoms with Gasteiger partial charge in [0.1, 0.15) is 0 Å². The normalized spacial score (nSPS) is 11.0. The fraction of sp³-hybridized carbons (Fsp3) is 0. The maximum Gasteiger partial charge on any atom is 0.199 e. The Balaban J connectivity index is 1.96. The van der Waals surface area contributed by atoms with Crippen LogP contribution in [0.25, 0.3) is 28.5 Å². The van der Waals surface area contributed by atoms with Gasteiger partial charge in [-0.15, -0.1) is 0 Å². The zero-order chi connectivity index (χ0) is 17.4. The number of hydrogen-bond donors (Lipinski definition) is 1. The van der Waals surface area contributed by atoms with Crippen molar-refractivity contribution >= 4 is 29.0 Å². The summed E-state index contributed by atoms with van der Waals surface area (Å²) in [5.74, 6) is 0.623. The first-order valence-electron chi connectivity index (χ1n) is 7.32. The molecule has 0 saturated carbocycles. The summed E-state index contributed by atoms with van der Waals surface area (Å²) in [6.45, 7) is 0. The lowest BCUT2D eigenvalue weighted by Crippen LogP contribution is -1.99. The summed E-state index contributed by atoms with van der Waals surface area (Å²) in [5, 5.41) is 8.68. The monoisotopic (exact) mass is 371 g/mol. The number of halogens is 2. The highest BCUT2D eigenvalue weighted by molar-refractivity contribution is 6.32. The molecule has 0 amide bonds. The lowest BCUT2D eigenvalue weighted by molar-refractivity contribution is 0.310. The third-order valence-electron chi connectivity index (χ3n) is 3.66. The van der Waals surface area contributed by atoms with E-state index in [0.717, 1.165) is 11.3 Å². The molecule has 0 spiro atoms. The Kier molecular flexibility index (Phi) is 3.91. The lowest BCUT2D eigenvalue weighted by atomic mass is 10.2. The minimum absolute atomic E-state index is 0.150. The van der Waals surface area contributed by atoms with E-state index in [4.69, 9.17) is 33.6 Å². The molecule has 2 aromatic carbocycles. The van der Waals surface area contributed by atoms with Gasteiger partial charge in [-0.05, 0) is 34.6 Å². The summed E-state index contributed by atoms with van der Waals surface area (Å²) in [7, 11) is 0. The van der Waals surface area contributed by atoms with Gasteiger partial charge in [0.05, 0.1) is 16.4 Å². The molecule has 2 aromatic heterocycles. The van der Waals surface area contributed by atoms with Crippen LogP contribution in [0.5, 0.6) is 0 Å². The molecule has 2 heterocycles. The summed E-state index contributed by atoms with van der Waals surface area (Å²) in [4.78, 5) is 4.65. The minimum atomic E-state index is 0.150. The minimum Gasteiger partial charge on any atom is -0.379 e. The molecular formula is C17H11Cl2N5O. The quantitative estimate of drug-likeness (QED) is 0.573. The average molecular weight is 372 g/mol. The standard InChI is InChI=1S/C17H11Cl2N5O/c18-11-5-3-4-10(8-11)13-9-24(14-7-2-1-6-12(14)19)17(21-13)15-16(20)23-25-22-15/h1-9H,(H2,20,23). The van der Waals surface area contributed by atoms with Gasteiger partial charge in [0.2, 0.25) is 0 Å². The smallest absolute Gasteiger partial charge is 0.199 e.